The van der Waals surface area contributed by atoms with E-state index in [2.05, 4.69) is 5.32 Å². The van der Waals surface area contributed by atoms with E-state index in [1.165, 1.54) is 32.1 Å². The van der Waals surface area contributed by atoms with Gasteiger partial charge in [-0.1, -0.05) is 19.3 Å². The fraction of sp³-hybridized carbons (Fsp3) is 0.929. The molecule has 1 heterocycles. The third-order valence-corrected chi connectivity index (χ3v) is 4.25. The first-order valence-corrected chi connectivity index (χ1v) is 7.65. The highest BCUT2D eigenvalue weighted by molar-refractivity contribution is 5.72. The number of likely N-dealkylation sites (tertiary alicyclic amines) is 1. The molecule has 1 aliphatic carbocycles. The first-order valence-electron chi connectivity index (χ1n) is 7.65. The Morgan fingerprint density at radius 1 is 1.16 bits per heavy atom. The van der Waals surface area contributed by atoms with E-state index in [1.54, 1.807) is 4.90 Å². The van der Waals surface area contributed by atoms with Gasteiger partial charge in [-0.25, -0.2) is 4.79 Å². The van der Waals surface area contributed by atoms with Crippen LogP contribution in [0.2, 0.25) is 0 Å². The molecule has 1 aliphatic heterocycles. The molecule has 0 spiro atoms. The minimum Gasteiger partial charge on any atom is -0.377 e. The lowest BCUT2D eigenvalue weighted by Crippen LogP contribution is -2.47. The van der Waals surface area contributed by atoms with Crippen LogP contribution in [0.5, 0.6) is 0 Å². The SMILES string of the molecule is NC(=O)N1CCC(NCCOC2CCCCC2)CC1. The van der Waals surface area contributed by atoms with Gasteiger partial charge >= 0.3 is 6.03 Å². The Balaban J connectivity index is 1.51. The second-order valence-corrected chi connectivity index (χ2v) is 5.68. The molecule has 0 aromatic heterocycles. The van der Waals surface area contributed by atoms with Crippen LogP contribution in [0.4, 0.5) is 4.79 Å². The van der Waals surface area contributed by atoms with Crippen molar-refractivity contribution in [3.63, 3.8) is 0 Å². The van der Waals surface area contributed by atoms with E-state index >= 15 is 0 Å². The van der Waals surface area contributed by atoms with Gasteiger partial charge in [-0.3, -0.25) is 0 Å². The van der Waals surface area contributed by atoms with Gasteiger partial charge in [0.05, 0.1) is 12.7 Å². The minimum atomic E-state index is -0.293. The number of carbonyl (C=O) groups excluding carboxylic acids is 1. The fourth-order valence-electron chi connectivity index (χ4n) is 3.02. The molecule has 2 rings (SSSR count). The average Bonchev–Trinajstić information content (AvgIpc) is 2.45. The van der Waals surface area contributed by atoms with Gasteiger partial charge in [0.2, 0.25) is 0 Å². The van der Waals surface area contributed by atoms with Crippen LogP contribution in [0.1, 0.15) is 44.9 Å². The maximum atomic E-state index is 11.0. The first-order chi connectivity index (χ1) is 9.25. The molecule has 5 heteroatoms. The van der Waals surface area contributed by atoms with Crippen LogP contribution in [0.15, 0.2) is 0 Å². The van der Waals surface area contributed by atoms with E-state index in [1.807, 2.05) is 0 Å². The monoisotopic (exact) mass is 269 g/mol. The Morgan fingerprint density at radius 2 is 1.84 bits per heavy atom. The highest BCUT2D eigenvalue weighted by Crippen LogP contribution is 2.19. The summed E-state index contributed by atoms with van der Waals surface area (Å²) in [6.07, 6.45) is 8.96. The van der Waals surface area contributed by atoms with Crippen molar-refractivity contribution in [2.24, 2.45) is 5.73 Å². The van der Waals surface area contributed by atoms with Crippen LogP contribution in [0, 0.1) is 0 Å². The van der Waals surface area contributed by atoms with Gasteiger partial charge in [0.1, 0.15) is 0 Å². The number of nitrogens with two attached hydrogens (primary N) is 1. The summed E-state index contributed by atoms with van der Waals surface area (Å²) in [7, 11) is 0. The largest absolute Gasteiger partial charge is 0.377 e. The summed E-state index contributed by atoms with van der Waals surface area (Å²) in [5.74, 6) is 0. The van der Waals surface area contributed by atoms with Crippen molar-refractivity contribution in [2.75, 3.05) is 26.2 Å². The summed E-state index contributed by atoms with van der Waals surface area (Å²) in [6.45, 7) is 3.27. The molecule has 0 bridgehead atoms. The van der Waals surface area contributed by atoms with Crippen LogP contribution in [0.3, 0.4) is 0 Å². The molecular formula is C14H27N3O2. The predicted octanol–water partition coefficient (Wildman–Crippen LogP) is 1.47. The number of rotatable bonds is 5. The third kappa shape index (κ3) is 4.99. The number of primary amides is 1. The number of piperidine rings is 1. The lowest BCUT2D eigenvalue weighted by molar-refractivity contribution is 0.0286. The van der Waals surface area contributed by atoms with Gasteiger partial charge < -0.3 is 20.7 Å². The van der Waals surface area contributed by atoms with Gasteiger partial charge in [0.25, 0.3) is 0 Å². The van der Waals surface area contributed by atoms with Crippen molar-refractivity contribution in [1.29, 1.82) is 0 Å². The van der Waals surface area contributed by atoms with Crippen molar-refractivity contribution in [1.82, 2.24) is 10.2 Å². The molecule has 0 aromatic carbocycles. The van der Waals surface area contributed by atoms with Gasteiger partial charge in [0, 0.05) is 25.7 Å². The summed E-state index contributed by atoms with van der Waals surface area (Å²) >= 11 is 0. The zero-order valence-corrected chi connectivity index (χ0v) is 11.8. The summed E-state index contributed by atoms with van der Waals surface area (Å²) in [5, 5.41) is 3.52. The quantitative estimate of drug-likeness (QED) is 0.743. The highest BCUT2D eigenvalue weighted by atomic mass is 16.5. The summed E-state index contributed by atoms with van der Waals surface area (Å²) in [6, 6.07) is 0.213. The number of hydrogen-bond donors (Lipinski definition) is 2. The predicted molar refractivity (Wildman–Crippen MR) is 75.0 cm³/mol. The zero-order valence-electron chi connectivity index (χ0n) is 11.8. The zero-order chi connectivity index (χ0) is 13.5. The van der Waals surface area contributed by atoms with E-state index in [-0.39, 0.29) is 6.03 Å². The Kier molecular flexibility index (Phi) is 5.92. The first kappa shape index (κ1) is 14.6. The number of nitrogens with zero attached hydrogens (tertiary/aromatic N) is 1. The van der Waals surface area contributed by atoms with E-state index in [9.17, 15) is 4.79 Å². The van der Waals surface area contributed by atoms with Gasteiger partial charge in [-0.2, -0.15) is 0 Å². The lowest BCUT2D eigenvalue weighted by Gasteiger charge is -2.31. The van der Waals surface area contributed by atoms with Crippen molar-refractivity contribution in [2.45, 2.75) is 57.1 Å². The second kappa shape index (κ2) is 7.70. The number of carbonyl (C=O) groups is 1. The van der Waals surface area contributed by atoms with Gasteiger partial charge in [-0.05, 0) is 25.7 Å². The molecular weight excluding hydrogens is 242 g/mol. The fourth-order valence-corrected chi connectivity index (χ4v) is 3.02. The summed E-state index contributed by atoms with van der Waals surface area (Å²) in [4.78, 5) is 12.7. The van der Waals surface area contributed by atoms with Crippen LogP contribution in [-0.4, -0.2) is 49.3 Å². The van der Waals surface area contributed by atoms with E-state index in [4.69, 9.17) is 10.5 Å². The average molecular weight is 269 g/mol. The molecule has 2 amide bonds. The molecule has 5 nitrogen and oxygen atoms in total. The van der Waals surface area contributed by atoms with Crippen LogP contribution >= 0.6 is 0 Å². The number of urea groups is 1. The topological polar surface area (TPSA) is 67.6 Å². The molecule has 110 valence electrons. The number of nitrogens with one attached hydrogen (secondary N) is 1. The maximum absolute atomic E-state index is 11.0. The number of amides is 2. The van der Waals surface area contributed by atoms with Crippen LogP contribution in [0.25, 0.3) is 0 Å². The Hall–Kier alpha value is -0.810. The standard InChI is InChI=1S/C14H27N3O2/c15-14(18)17-9-6-12(7-10-17)16-8-11-19-13-4-2-1-3-5-13/h12-13,16H,1-11H2,(H2,15,18). The molecule has 2 fully saturated rings. The van der Waals surface area contributed by atoms with E-state index in [0.717, 1.165) is 39.1 Å². The summed E-state index contributed by atoms with van der Waals surface area (Å²) < 4.78 is 5.89. The second-order valence-electron chi connectivity index (χ2n) is 5.68. The molecule has 19 heavy (non-hydrogen) atoms. The van der Waals surface area contributed by atoms with Gasteiger partial charge in [0.15, 0.2) is 0 Å². The molecule has 0 radical (unpaired) electrons. The molecule has 2 aliphatic rings. The molecule has 1 saturated heterocycles. The van der Waals surface area contributed by atoms with E-state index in [0.29, 0.717) is 12.1 Å². The highest BCUT2D eigenvalue weighted by Gasteiger charge is 2.20. The Bertz CT molecular complexity index is 272. The molecule has 0 unspecified atom stereocenters. The van der Waals surface area contributed by atoms with Crippen molar-refractivity contribution in [3.05, 3.63) is 0 Å². The van der Waals surface area contributed by atoms with Crippen LogP contribution < -0.4 is 11.1 Å². The molecule has 0 atom stereocenters. The normalized spacial score (nSPS) is 22.6. The summed E-state index contributed by atoms with van der Waals surface area (Å²) in [5.41, 5.74) is 5.26. The van der Waals surface area contributed by atoms with E-state index < -0.39 is 0 Å². The number of ether oxygens (including phenoxy) is 1. The maximum Gasteiger partial charge on any atom is 0.314 e. The molecule has 1 saturated carbocycles. The molecule has 0 aromatic rings. The smallest absolute Gasteiger partial charge is 0.314 e. The van der Waals surface area contributed by atoms with Gasteiger partial charge in [-0.15, -0.1) is 0 Å². The minimum absolute atomic E-state index is 0.293. The van der Waals surface area contributed by atoms with Crippen LogP contribution in [-0.2, 0) is 4.74 Å². The van der Waals surface area contributed by atoms with Crippen molar-refractivity contribution < 1.29 is 9.53 Å². The third-order valence-electron chi connectivity index (χ3n) is 4.25. The molecule has 3 N–H and O–H groups in total. The Labute approximate surface area is 115 Å². The van der Waals surface area contributed by atoms with Crippen molar-refractivity contribution >= 4 is 6.03 Å². The lowest BCUT2D eigenvalue weighted by atomic mass is 9.98. The Morgan fingerprint density at radius 3 is 2.47 bits per heavy atom. The van der Waals surface area contributed by atoms with Crippen molar-refractivity contribution in [3.8, 4) is 0 Å². The number of hydrogen-bond acceptors (Lipinski definition) is 3.